The Hall–Kier alpha value is -1.24. The molecule has 2 rings (SSSR count). The minimum atomic E-state index is -0.0233. The smallest absolute Gasteiger partial charge is 0.225 e. The average molecular weight is 252 g/mol. The molecule has 6 nitrogen and oxygen atoms in total. The predicted molar refractivity (Wildman–Crippen MR) is 68.3 cm³/mol. The fourth-order valence-corrected chi connectivity index (χ4v) is 2.13. The van der Waals surface area contributed by atoms with E-state index in [0.29, 0.717) is 0 Å². The summed E-state index contributed by atoms with van der Waals surface area (Å²) in [5.41, 5.74) is 0.732. The first-order chi connectivity index (χ1) is 8.83. The molecule has 1 aliphatic heterocycles. The van der Waals surface area contributed by atoms with Gasteiger partial charge in [0.25, 0.3) is 0 Å². The number of rotatable bonds is 4. The van der Waals surface area contributed by atoms with Gasteiger partial charge in [0.15, 0.2) is 0 Å². The standard InChI is InChI=1S/C12H20N4O2/c17-7-6-15-2-1-3-16(5-4-15)12-13-8-11(10-18)9-14-12/h8-9,17-18H,1-7,10H2. The number of hydrogen-bond donors (Lipinski definition) is 2. The third-order valence-corrected chi connectivity index (χ3v) is 3.16. The van der Waals surface area contributed by atoms with Crippen LogP contribution >= 0.6 is 0 Å². The van der Waals surface area contributed by atoms with Crippen LogP contribution < -0.4 is 4.90 Å². The monoisotopic (exact) mass is 252 g/mol. The predicted octanol–water partition coefficient (Wildman–Crippen LogP) is -0.527. The molecule has 2 N–H and O–H groups in total. The molecule has 0 unspecified atom stereocenters. The van der Waals surface area contributed by atoms with E-state index < -0.39 is 0 Å². The van der Waals surface area contributed by atoms with E-state index in [2.05, 4.69) is 19.8 Å². The quantitative estimate of drug-likeness (QED) is 0.751. The summed E-state index contributed by atoms with van der Waals surface area (Å²) in [7, 11) is 0. The molecule has 0 radical (unpaired) electrons. The molecule has 0 amide bonds. The van der Waals surface area contributed by atoms with Crippen molar-refractivity contribution < 1.29 is 10.2 Å². The number of aliphatic hydroxyl groups is 2. The van der Waals surface area contributed by atoms with Crippen LogP contribution in [0.15, 0.2) is 12.4 Å². The van der Waals surface area contributed by atoms with Crippen molar-refractivity contribution in [2.75, 3.05) is 44.2 Å². The maximum atomic E-state index is 8.95. The minimum absolute atomic E-state index is 0.0233. The summed E-state index contributed by atoms with van der Waals surface area (Å²) in [6.45, 7) is 4.65. The number of β-amino-alcohol motifs (C(OH)–C–C–N with tert-alkyl or cyclic N) is 1. The van der Waals surface area contributed by atoms with Gasteiger partial charge in [-0.25, -0.2) is 9.97 Å². The molecule has 1 aromatic rings. The molecule has 1 aromatic heterocycles. The zero-order valence-electron chi connectivity index (χ0n) is 10.5. The highest BCUT2D eigenvalue weighted by Gasteiger charge is 2.16. The Kier molecular flexibility index (Phi) is 4.86. The summed E-state index contributed by atoms with van der Waals surface area (Å²) in [6.07, 6.45) is 4.38. The number of anilines is 1. The molecule has 0 saturated carbocycles. The lowest BCUT2D eigenvalue weighted by Gasteiger charge is -2.21. The Morgan fingerprint density at radius 2 is 1.83 bits per heavy atom. The number of aliphatic hydroxyl groups excluding tert-OH is 2. The van der Waals surface area contributed by atoms with Gasteiger partial charge in [0.05, 0.1) is 13.2 Å². The van der Waals surface area contributed by atoms with Crippen molar-refractivity contribution in [3.05, 3.63) is 18.0 Å². The maximum absolute atomic E-state index is 8.95. The first kappa shape index (κ1) is 13.2. The van der Waals surface area contributed by atoms with Crippen LogP contribution in [0.25, 0.3) is 0 Å². The van der Waals surface area contributed by atoms with Crippen LogP contribution in [0.5, 0.6) is 0 Å². The minimum Gasteiger partial charge on any atom is -0.395 e. The number of hydrogen-bond acceptors (Lipinski definition) is 6. The number of aromatic nitrogens is 2. The lowest BCUT2D eigenvalue weighted by molar-refractivity contribution is 0.204. The summed E-state index contributed by atoms with van der Waals surface area (Å²) < 4.78 is 0. The molecular weight excluding hydrogens is 232 g/mol. The van der Waals surface area contributed by atoms with Crippen LogP contribution in [0, 0.1) is 0 Å². The van der Waals surface area contributed by atoms with Crippen molar-refractivity contribution in [1.29, 1.82) is 0 Å². The topological polar surface area (TPSA) is 72.7 Å². The Labute approximate surface area is 107 Å². The second-order valence-electron chi connectivity index (χ2n) is 4.46. The van der Waals surface area contributed by atoms with Gasteiger partial charge in [-0.05, 0) is 13.0 Å². The van der Waals surface area contributed by atoms with E-state index in [4.69, 9.17) is 10.2 Å². The van der Waals surface area contributed by atoms with Crippen LogP contribution in [0.1, 0.15) is 12.0 Å². The van der Waals surface area contributed by atoms with E-state index >= 15 is 0 Å². The third-order valence-electron chi connectivity index (χ3n) is 3.16. The molecule has 0 aliphatic carbocycles. The average Bonchev–Trinajstić information content (AvgIpc) is 2.65. The van der Waals surface area contributed by atoms with Crippen molar-refractivity contribution in [2.24, 2.45) is 0 Å². The third kappa shape index (κ3) is 3.38. The van der Waals surface area contributed by atoms with Crippen molar-refractivity contribution in [2.45, 2.75) is 13.0 Å². The Bertz CT molecular complexity index is 358. The van der Waals surface area contributed by atoms with Crippen LogP contribution in [0.3, 0.4) is 0 Å². The van der Waals surface area contributed by atoms with Gasteiger partial charge in [0.1, 0.15) is 0 Å². The highest BCUT2D eigenvalue weighted by atomic mass is 16.3. The van der Waals surface area contributed by atoms with Crippen molar-refractivity contribution in [3.8, 4) is 0 Å². The van der Waals surface area contributed by atoms with Gasteiger partial charge in [0.2, 0.25) is 5.95 Å². The van der Waals surface area contributed by atoms with Gasteiger partial charge >= 0.3 is 0 Å². The molecule has 1 fully saturated rings. The second kappa shape index (κ2) is 6.63. The summed E-state index contributed by atoms with van der Waals surface area (Å²) >= 11 is 0. The van der Waals surface area contributed by atoms with E-state index in [1.807, 2.05) is 0 Å². The molecule has 100 valence electrons. The van der Waals surface area contributed by atoms with Crippen LogP contribution in [-0.4, -0.2) is 64.4 Å². The molecule has 0 aromatic carbocycles. The zero-order valence-corrected chi connectivity index (χ0v) is 10.5. The highest BCUT2D eigenvalue weighted by molar-refractivity contribution is 5.30. The van der Waals surface area contributed by atoms with E-state index in [9.17, 15) is 0 Å². The molecule has 0 atom stereocenters. The molecule has 1 saturated heterocycles. The van der Waals surface area contributed by atoms with Crippen LogP contribution in [0.4, 0.5) is 5.95 Å². The first-order valence-corrected chi connectivity index (χ1v) is 6.33. The first-order valence-electron chi connectivity index (χ1n) is 6.33. The lowest BCUT2D eigenvalue weighted by atomic mass is 10.3. The van der Waals surface area contributed by atoms with Gasteiger partial charge in [-0.3, -0.25) is 4.90 Å². The maximum Gasteiger partial charge on any atom is 0.225 e. The molecular formula is C12H20N4O2. The highest BCUT2D eigenvalue weighted by Crippen LogP contribution is 2.11. The normalized spacial score (nSPS) is 17.8. The fourth-order valence-electron chi connectivity index (χ4n) is 2.13. The van der Waals surface area contributed by atoms with E-state index in [0.717, 1.165) is 50.7 Å². The van der Waals surface area contributed by atoms with Crippen molar-refractivity contribution in [3.63, 3.8) is 0 Å². The van der Waals surface area contributed by atoms with Crippen LogP contribution in [0.2, 0.25) is 0 Å². The van der Waals surface area contributed by atoms with E-state index in [1.54, 1.807) is 12.4 Å². The van der Waals surface area contributed by atoms with Crippen molar-refractivity contribution in [1.82, 2.24) is 14.9 Å². The molecule has 0 bridgehead atoms. The summed E-state index contributed by atoms with van der Waals surface area (Å²) in [5, 5.41) is 17.9. The molecule has 2 heterocycles. The van der Waals surface area contributed by atoms with Gasteiger partial charge in [-0.2, -0.15) is 0 Å². The van der Waals surface area contributed by atoms with Gasteiger partial charge in [0, 0.05) is 44.1 Å². The van der Waals surface area contributed by atoms with Gasteiger partial charge < -0.3 is 15.1 Å². The molecule has 18 heavy (non-hydrogen) atoms. The van der Waals surface area contributed by atoms with E-state index in [-0.39, 0.29) is 13.2 Å². The van der Waals surface area contributed by atoms with Crippen molar-refractivity contribution >= 4 is 5.95 Å². The van der Waals surface area contributed by atoms with E-state index in [1.165, 1.54) is 0 Å². The summed E-state index contributed by atoms with van der Waals surface area (Å²) in [5.74, 6) is 0.720. The van der Waals surface area contributed by atoms with Crippen LogP contribution in [-0.2, 0) is 6.61 Å². The zero-order chi connectivity index (χ0) is 12.8. The summed E-state index contributed by atoms with van der Waals surface area (Å²) in [6, 6.07) is 0. The molecule has 1 aliphatic rings. The lowest BCUT2D eigenvalue weighted by Crippen LogP contribution is -2.33. The SMILES string of the molecule is OCCN1CCCN(c2ncc(CO)cn2)CC1. The molecule has 0 spiro atoms. The second-order valence-corrected chi connectivity index (χ2v) is 4.46. The number of nitrogens with zero attached hydrogens (tertiary/aromatic N) is 4. The Morgan fingerprint density at radius 3 is 2.50 bits per heavy atom. The molecule has 6 heteroatoms. The fraction of sp³-hybridized carbons (Fsp3) is 0.667. The largest absolute Gasteiger partial charge is 0.395 e. The van der Waals surface area contributed by atoms with Gasteiger partial charge in [-0.1, -0.05) is 0 Å². The van der Waals surface area contributed by atoms with Gasteiger partial charge in [-0.15, -0.1) is 0 Å². The Morgan fingerprint density at radius 1 is 1.06 bits per heavy atom. The Balaban J connectivity index is 1.96. The summed E-state index contributed by atoms with van der Waals surface area (Å²) in [4.78, 5) is 12.9.